The molecule has 59 heavy (non-hydrogen) atoms. The van der Waals surface area contributed by atoms with Gasteiger partial charge in [0, 0.05) is 33.2 Å². The number of rotatable bonds is 7. The third kappa shape index (κ3) is 5.96. The van der Waals surface area contributed by atoms with E-state index < -0.39 is 0 Å². The predicted octanol–water partition coefficient (Wildman–Crippen LogP) is 16.0. The number of para-hydroxylation sites is 2. The molecule has 0 spiro atoms. The van der Waals surface area contributed by atoms with E-state index in [1.807, 2.05) is 6.07 Å². The molecule has 0 aliphatic heterocycles. The molecule has 0 saturated carbocycles. The Labute approximate surface area is 345 Å². The van der Waals surface area contributed by atoms with Crippen molar-refractivity contribution in [3.05, 3.63) is 223 Å². The standard InChI is InChI=1S/C57H41NO/c1-57(2)53-19-11-9-17-47(53)48-34-29-43(35-54(48)57)50-36-52-49-18-10-12-20-55(49)59-56(52)37-51(50)42-27-32-46(33-28-42)58(44-15-7-4-8-16-44)45-30-25-41(26-31-45)40-23-21-39(22-24-40)38-13-5-3-6-14-38/h3-37H,1-2H3. The Morgan fingerprint density at radius 2 is 0.814 bits per heavy atom. The van der Waals surface area contributed by atoms with Crippen molar-refractivity contribution in [2.24, 2.45) is 0 Å². The van der Waals surface area contributed by atoms with Gasteiger partial charge in [-0.3, -0.25) is 0 Å². The van der Waals surface area contributed by atoms with Crippen molar-refractivity contribution in [3.63, 3.8) is 0 Å². The van der Waals surface area contributed by atoms with E-state index in [1.54, 1.807) is 0 Å². The maximum Gasteiger partial charge on any atom is 0.136 e. The smallest absolute Gasteiger partial charge is 0.136 e. The lowest BCUT2D eigenvalue weighted by Gasteiger charge is -2.26. The molecule has 2 heteroatoms. The van der Waals surface area contributed by atoms with E-state index in [9.17, 15) is 0 Å². The van der Waals surface area contributed by atoms with Crippen LogP contribution in [0, 0.1) is 0 Å². The molecule has 0 unspecified atom stereocenters. The summed E-state index contributed by atoms with van der Waals surface area (Å²) in [5.74, 6) is 0. The number of nitrogens with zero attached hydrogens (tertiary/aromatic N) is 1. The molecule has 0 N–H and O–H groups in total. The summed E-state index contributed by atoms with van der Waals surface area (Å²) in [7, 11) is 0. The molecule has 1 aromatic heterocycles. The fourth-order valence-electron chi connectivity index (χ4n) is 9.22. The maximum absolute atomic E-state index is 6.49. The molecular weight excluding hydrogens is 715 g/mol. The van der Waals surface area contributed by atoms with Gasteiger partial charge in [0.15, 0.2) is 0 Å². The number of hydrogen-bond acceptors (Lipinski definition) is 2. The van der Waals surface area contributed by atoms with Gasteiger partial charge in [-0.25, -0.2) is 0 Å². The molecule has 2 nitrogen and oxygen atoms in total. The van der Waals surface area contributed by atoms with Crippen LogP contribution in [0.15, 0.2) is 217 Å². The minimum absolute atomic E-state index is 0.0950. The second-order valence-corrected chi connectivity index (χ2v) is 16.1. The van der Waals surface area contributed by atoms with Gasteiger partial charge in [0.05, 0.1) is 0 Å². The number of hydrogen-bond donors (Lipinski definition) is 0. The number of benzene rings is 9. The first-order chi connectivity index (χ1) is 29.0. The lowest BCUT2D eigenvalue weighted by Crippen LogP contribution is -2.14. The topological polar surface area (TPSA) is 16.4 Å². The number of fused-ring (bicyclic) bond motifs is 6. The van der Waals surface area contributed by atoms with Gasteiger partial charge in [0.2, 0.25) is 0 Å². The average molecular weight is 756 g/mol. The number of anilines is 3. The van der Waals surface area contributed by atoms with Crippen molar-refractivity contribution >= 4 is 39.0 Å². The van der Waals surface area contributed by atoms with Crippen LogP contribution in [0.5, 0.6) is 0 Å². The molecule has 0 amide bonds. The molecule has 1 heterocycles. The molecule has 11 rings (SSSR count). The summed E-state index contributed by atoms with van der Waals surface area (Å²) in [6.45, 7) is 4.70. The summed E-state index contributed by atoms with van der Waals surface area (Å²) in [5, 5.41) is 2.26. The second-order valence-electron chi connectivity index (χ2n) is 16.1. The fraction of sp³-hybridized carbons (Fsp3) is 0.0526. The first kappa shape index (κ1) is 34.8. The molecule has 0 fully saturated rings. The first-order valence-electron chi connectivity index (χ1n) is 20.4. The largest absolute Gasteiger partial charge is 0.456 e. The van der Waals surface area contributed by atoms with Crippen molar-refractivity contribution in [3.8, 4) is 55.6 Å². The summed E-state index contributed by atoms with van der Waals surface area (Å²) in [6, 6.07) is 76.7. The molecular formula is C57H41NO. The van der Waals surface area contributed by atoms with Crippen LogP contribution in [0.3, 0.4) is 0 Å². The quantitative estimate of drug-likeness (QED) is 0.161. The van der Waals surface area contributed by atoms with E-state index in [2.05, 4.69) is 225 Å². The van der Waals surface area contributed by atoms with E-state index in [1.165, 1.54) is 55.6 Å². The molecule has 0 radical (unpaired) electrons. The molecule has 280 valence electrons. The summed E-state index contributed by atoms with van der Waals surface area (Å²) in [5.41, 5.74) is 19.9. The van der Waals surface area contributed by atoms with Gasteiger partial charge >= 0.3 is 0 Å². The average Bonchev–Trinajstić information content (AvgIpc) is 3.78. The summed E-state index contributed by atoms with van der Waals surface area (Å²) < 4.78 is 6.49. The fourth-order valence-corrected chi connectivity index (χ4v) is 9.22. The van der Waals surface area contributed by atoms with Crippen LogP contribution >= 0.6 is 0 Å². The van der Waals surface area contributed by atoms with E-state index in [0.717, 1.165) is 50.1 Å². The molecule has 0 saturated heterocycles. The van der Waals surface area contributed by atoms with Gasteiger partial charge in [-0.15, -0.1) is 0 Å². The van der Waals surface area contributed by atoms with Crippen LogP contribution in [0.1, 0.15) is 25.0 Å². The number of furan rings is 1. The third-order valence-corrected chi connectivity index (χ3v) is 12.3. The third-order valence-electron chi connectivity index (χ3n) is 12.3. The highest BCUT2D eigenvalue weighted by molar-refractivity contribution is 6.09. The van der Waals surface area contributed by atoms with E-state index in [4.69, 9.17) is 4.42 Å². The van der Waals surface area contributed by atoms with E-state index >= 15 is 0 Å². The molecule has 0 bridgehead atoms. The zero-order valence-corrected chi connectivity index (χ0v) is 33.1. The summed E-state index contributed by atoms with van der Waals surface area (Å²) >= 11 is 0. The van der Waals surface area contributed by atoms with Crippen LogP contribution in [-0.4, -0.2) is 0 Å². The normalized spacial score (nSPS) is 12.7. The summed E-state index contributed by atoms with van der Waals surface area (Å²) in [6.07, 6.45) is 0. The first-order valence-corrected chi connectivity index (χ1v) is 20.4. The lowest BCUT2D eigenvalue weighted by atomic mass is 9.81. The Balaban J connectivity index is 0.984. The molecule has 1 aliphatic carbocycles. The Morgan fingerprint density at radius 3 is 1.51 bits per heavy atom. The lowest BCUT2D eigenvalue weighted by molar-refractivity contribution is 0.660. The SMILES string of the molecule is CC1(C)c2ccccc2-c2ccc(-c3cc4c(cc3-c3ccc(N(c5ccccc5)c5ccc(-c6ccc(-c7ccccc7)cc6)cc5)cc3)oc3ccccc34)cc21. The van der Waals surface area contributed by atoms with Crippen molar-refractivity contribution in [2.45, 2.75) is 19.3 Å². The van der Waals surface area contributed by atoms with Gasteiger partial charge < -0.3 is 9.32 Å². The highest BCUT2D eigenvalue weighted by Gasteiger charge is 2.35. The van der Waals surface area contributed by atoms with Crippen LogP contribution in [0.25, 0.3) is 77.6 Å². The van der Waals surface area contributed by atoms with Crippen molar-refractivity contribution in [1.82, 2.24) is 0 Å². The predicted molar refractivity (Wildman–Crippen MR) is 248 cm³/mol. The van der Waals surface area contributed by atoms with Crippen molar-refractivity contribution in [2.75, 3.05) is 4.90 Å². The molecule has 0 atom stereocenters. The van der Waals surface area contributed by atoms with Crippen molar-refractivity contribution in [1.29, 1.82) is 0 Å². The van der Waals surface area contributed by atoms with Gasteiger partial charge in [0.25, 0.3) is 0 Å². The van der Waals surface area contributed by atoms with E-state index in [-0.39, 0.29) is 5.41 Å². The van der Waals surface area contributed by atoms with Gasteiger partial charge in [0.1, 0.15) is 11.2 Å². The Morgan fingerprint density at radius 1 is 0.322 bits per heavy atom. The Kier molecular flexibility index (Phi) is 8.20. The van der Waals surface area contributed by atoms with Gasteiger partial charge in [-0.1, -0.05) is 166 Å². The monoisotopic (exact) mass is 755 g/mol. The summed E-state index contributed by atoms with van der Waals surface area (Å²) in [4.78, 5) is 2.33. The van der Waals surface area contributed by atoms with Crippen LogP contribution in [0.2, 0.25) is 0 Å². The van der Waals surface area contributed by atoms with Crippen LogP contribution in [0.4, 0.5) is 17.1 Å². The highest BCUT2D eigenvalue weighted by atomic mass is 16.3. The van der Waals surface area contributed by atoms with E-state index in [0.29, 0.717) is 0 Å². The molecule has 9 aromatic carbocycles. The van der Waals surface area contributed by atoms with Crippen LogP contribution in [-0.2, 0) is 5.41 Å². The maximum atomic E-state index is 6.49. The van der Waals surface area contributed by atoms with Crippen molar-refractivity contribution < 1.29 is 4.42 Å². The molecule has 10 aromatic rings. The zero-order chi connectivity index (χ0) is 39.5. The van der Waals surface area contributed by atoms with Gasteiger partial charge in [-0.05, 0) is 127 Å². The van der Waals surface area contributed by atoms with Gasteiger partial charge in [-0.2, -0.15) is 0 Å². The molecule has 1 aliphatic rings. The Hall–Kier alpha value is -7.42. The zero-order valence-electron chi connectivity index (χ0n) is 33.1. The second kappa shape index (κ2) is 13.9. The highest BCUT2D eigenvalue weighted by Crippen LogP contribution is 2.50. The minimum Gasteiger partial charge on any atom is -0.456 e. The minimum atomic E-state index is -0.0950. The Bertz CT molecular complexity index is 3140. The van der Waals surface area contributed by atoms with Crippen LogP contribution < -0.4 is 4.90 Å².